The first kappa shape index (κ1) is 15.8. The molecule has 0 saturated carbocycles. The molecule has 0 aliphatic rings. The van der Waals surface area contributed by atoms with Crippen molar-refractivity contribution in [2.45, 2.75) is 6.92 Å². The van der Waals surface area contributed by atoms with E-state index in [2.05, 4.69) is 15.3 Å². The van der Waals surface area contributed by atoms with E-state index in [-0.39, 0.29) is 11.7 Å². The topological polar surface area (TPSA) is 80.0 Å². The Morgan fingerprint density at radius 3 is 2.73 bits per heavy atom. The normalized spacial score (nSPS) is 10.8. The quantitative estimate of drug-likeness (QED) is 0.594. The molecule has 0 aliphatic carbocycles. The molecule has 2 heterocycles. The number of rotatable bonds is 3. The van der Waals surface area contributed by atoms with Gasteiger partial charge in [-0.2, -0.15) is 0 Å². The third kappa shape index (κ3) is 2.88. The molecule has 2 aromatic heterocycles. The number of phenols is 1. The first-order valence-electron chi connectivity index (χ1n) is 8.11. The molecule has 0 bridgehead atoms. The van der Waals surface area contributed by atoms with Crippen molar-refractivity contribution >= 4 is 22.4 Å². The SMILES string of the molecule is Cc1nccn1-c1ccc(NC(=O)c2cccc3cc(O)ccc23)cn1. The molecule has 1 amide bonds. The van der Waals surface area contributed by atoms with Crippen LogP contribution < -0.4 is 5.32 Å². The number of anilines is 1. The van der Waals surface area contributed by atoms with Crippen molar-refractivity contribution in [1.29, 1.82) is 0 Å². The summed E-state index contributed by atoms with van der Waals surface area (Å²) in [5, 5.41) is 14.1. The summed E-state index contributed by atoms with van der Waals surface area (Å²) in [6.45, 7) is 1.90. The Kier molecular flexibility index (Phi) is 3.85. The zero-order valence-corrected chi connectivity index (χ0v) is 14.0. The minimum absolute atomic E-state index is 0.171. The number of imidazole rings is 1. The summed E-state index contributed by atoms with van der Waals surface area (Å²) in [7, 11) is 0. The Hall–Kier alpha value is -3.67. The van der Waals surface area contributed by atoms with Crippen LogP contribution in [0.4, 0.5) is 5.69 Å². The van der Waals surface area contributed by atoms with E-state index in [1.165, 1.54) is 0 Å². The van der Waals surface area contributed by atoms with E-state index in [4.69, 9.17) is 0 Å². The lowest BCUT2D eigenvalue weighted by Crippen LogP contribution is -2.12. The van der Waals surface area contributed by atoms with Crippen LogP contribution in [0.25, 0.3) is 16.6 Å². The van der Waals surface area contributed by atoms with E-state index in [1.54, 1.807) is 48.8 Å². The highest BCUT2D eigenvalue weighted by atomic mass is 16.3. The van der Waals surface area contributed by atoms with E-state index in [1.807, 2.05) is 29.8 Å². The number of aryl methyl sites for hydroxylation is 1. The molecule has 26 heavy (non-hydrogen) atoms. The predicted octanol–water partition coefficient (Wildman–Crippen LogP) is 3.69. The van der Waals surface area contributed by atoms with Gasteiger partial charge in [-0.05, 0) is 54.1 Å². The summed E-state index contributed by atoms with van der Waals surface area (Å²) in [6, 6.07) is 14.0. The number of hydrogen-bond acceptors (Lipinski definition) is 4. The molecule has 6 nitrogen and oxygen atoms in total. The molecule has 2 N–H and O–H groups in total. The van der Waals surface area contributed by atoms with Gasteiger partial charge < -0.3 is 10.4 Å². The molecule has 2 aromatic carbocycles. The molecule has 0 saturated heterocycles. The second-order valence-electron chi connectivity index (χ2n) is 5.91. The Labute approximate surface area is 149 Å². The molecule has 4 rings (SSSR count). The minimum atomic E-state index is -0.227. The maximum absolute atomic E-state index is 12.7. The average molecular weight is 344 g/mol. The van der Waals surface area contributed by atoms with Crippen LogP contribution >= 0.6 is 0 Å². The van der Waals surface area contributed by atoms with E-state index in [0.29, 0.717) is 11.3 Å². The molecule has 0 unspecified atom stereocenters. The monoisotopic (exact) mass is 344 g/mol. The summed E-state index contributed by atoms with van der Waals surface area (Å²) >= 11 is 0. The van der Waals surface area contributed by atoms with Gasteiger partial charge in [0, 0.05) is 18.0 Å². The van der Waals surface area contributed by atoms with Gasteiger partial charge in [-0.25, -0.2) is 9.97 Å². The number of nitrogens with zero attached hydrogens (tertiary/aromatic N) is 3. The zero-order valence-electron chi connectivity index (χ0n) is 14.0. The summed E-state index contributed by atoms with van der Waals surface area (Å²) in [6.07, 6.45) is 5.16. The van der Waals surface area contributed by atoms with Gasteiger partial charge in [0.2, 0.25) is 0 Å². The smallest absolute Gasteiger partial charge is 0.256 e. The molecular weight excluding hydrogens is 328 g/mol. The van der Waals surface area contributed by atoms with Gasteiger partial charge in [-0.1, -0.05) is 12.1 Å². The van der Waals surface area contributed by atoms with Gasteiger partial charge in [0.05, 0.1) is 11.9 Å². The lowest BCUT2D eigenvalue weighted by atomic mass is 10.0. The van der Waals surface area contributed by atoms with Gasteiger partial charge >= 0.3 is 0 Å². The van der Waals surface area contributed by atoms with Crippen LogP contribution in [-0.2, 0) is 0 Å². The second-order valence-corrected chi connectivity index (χ2v) is 5.91. The highest BCUT2D eigenvalue weighted by Gasteiger charge is 2.11. The predicted molar refractivity (Wildman–Crippen MR) is 99.7 cm³/mol. The second kappa shape index (κ2) is 6.33. The number of aromatic nitrogens is 3. The Bertz CT molecular complexity index is 1100. The van der Waals surface area contributed by atoms with E-state index >= 15 is 0 Å². The van der Waals surface area contributed by atoms with Crippen molar-refractivity contribution in [2.75, 3.05) is 5.32 Å². The summed E-state index contributed by atoms with van der Waals surface area (Å²) in [5.41, 5.74) is 1.14. The van der Waals surface area contributed by atoms with Crippen molar-refractivity contribution in [3.63, 3.8) is 0 Å². The molecule has 0 fully saturated rings. The van der Waals surface area contributed by atoms with Crippen molar-refractivity contribution in [1.82, 2.24) is 14.5 Å². The molecule has 128 valence electrons. The number of phenolic OH excluding ortho intramolecular Hbond substituents is 1. The number of fused-ring (bicyclic) bond motifs is 1. The van der Waals surface area contributed by atoms with Gasteiger partial charge in [0.1, 0.15) is 17.4 Å². The Balaban J connectivity index is 1.60. The van der Waals surface area contributed by atoms with Crippen LogP contribution in [-0.4, -0.2) is 25.5 Å². The van der Waals surface area contributed by atoms with E-state index in [0.717, 1.165) is 22.4 Å². The van der Waals surface area contributed by atoms with Gasteiger partial charge in [-0.15, -0.1) is 0 Å². The fourth-order valence-corrected chi connectivity index (χ4v) is 2.89. The van der Waals surface area contributed by atoms with E-state index < -0.39 is 0 Å². The molecule has 0 atom stereocenters. The van der Waals surface area contributed by atoms with Crippen LogP contribution in [0.2, 0.25) is 0 Å². The lowest BCUT2D eigenvalue weighted by molar-refractivity contribution is 0.102. The first-order valence-corrected chi connectivity index (χ1v) is 8.11. The highest BCUT2D eigenvalue weighted by molar-refractivity contribution is 6.13. The Morgan fingerprint density at radius 1 is 1.12 bits per heavy atom. The number of carbonyl (C=O) groups is 1. The highest BCUT2D eigenvalue weighted by Crippen LogP contribution is 2.24. The fourth-order valence-electron chi connectivity index (χ4n) is 2.89. The van der Waals surface area contributed by atoms with Crippen molar-refractivity contribution < 1.29 is 9.90 Å². The maximum Gasteiger partial charge on any atom is 0.256 e. The Morgan fingerprint density at radius 2 is 2.00 bits per heavy atom. The van der Waals surface area contributed by atoms with Crippen LogP contribution in [0, 0.1) is 6.92 Å². The third-order valence-electron chi connectivity index (χ3n) is 4.19. The standard InChI is InChI=1S/C20H16N4O2/c1-13-21-9-10-24(13)19-8-5-15(12-22-19)23-20(26)18-4-2-3-14-11-16(25)6-7-17(14)18/h2-12,25H,1H3,(H,23,26). The van der Waals surface area contributed by atoms with Crippen LogP contribution in [0.15, 0.2) is 67.1 Å². The van der Waals surface area contributed by atoms with Crippen molar-refractivity contribution in [2.24, 2.45) is 0 Å². The van der Waals surface area contributed by atoms with Crippen LogP contribution in [0.1, 0.15) is 16.2 Å². The summed E-state index contributed by atoms with van der Waals surface area (Å²) in [5.74, 6) is 1.52. The molecule has 4 aromatic rings. The van der Waals surface area contributed by atoms with Gasteiger partial charge in [0.25, 0.3) is 5.91 Å². The minimum Gasteiger partial charge on any atom is -0.508 e. The first-order chi connectivity index (χ1) is 12.6. The summed E-state index contributed by atoms with van der Waals surface area (Å²) in [4.78, 5) is 21.2. The average Bonchev–Trinajstić information content (AvgIpc) is 3.07. The lowest BCUT2D eigenvalue weighted by Gasteiger charge is -2.09. The largest absolute Gasteiger partial charge is 0.508 e. The zero-order chi connectivity index (χ0) is 18.1. The number of nitrogens with one attached hydrogen (secondary N) is 1. The number of benzene rings is 2. The fraction of sp³-hybridized carbons (Fsp3) is 0.0500. The number of aromatic hydroxyl groups is 1. The molecule has 6 heteroatoms. The molecule has 0 spiro atoms. The maximum atomic E-state index is 12.7. The number of pyridine rings is 1. The third-order valence-corrected chi connectivity index (χ3v) is 4.19. The molecular formula is C20H16N4O2. The van der Waals surface area contributed by atoms with Crippen LogP contribution in [0.3, 0.4) is 0 Å². The van der Waals surface area contributed by atoms with Crippen molar-refractivity contribution in [3.05, 3.63) is 78.5 Å². The summed E-state index contributed by atoms with van der Waals surface area (Å²) < 4.78 is 1.86. The van der Waals surface area contributed by atoms with Gasteiger partial charge in [-0.3, -0.25) is 9.36 Å². The van der Waals surface area contributed by atoms with Crippen LogP contribution in [0.5, 0.6) is 5.75 Å². The molecule has 0 aliphatic heterocycles. The van der Waals surface area contributed by atoms with E-state index in [9.17, 15) is 9.90 Å². The number of hydrogen-bond donors (Lipinski definition) is 2. The van der Waals surface area contributed by atoms with Crippen molar-refractivity contribution in [3.8, 4) is 11.6 Å². The van der Waals surface area contributed by atoms with Gasteiger partial charge in [0.15, 0.2) is 0 Å². The number of carbonyl (C=O) groups excluding carboxylic acids is 1. The molecule has 0 radical (unpaired) electrons. The number of amides is 1.